The van der Waals surface area contributed by atoms with Crippen molar-refractivity contribution in [3.8, 4) is 16.9 Å². The monoisotopic (exact) mass is 307 g/mol. The lowest BCUT2D eigenvalue weighted by molar-refractivity contribution is -0.0275. The molecule has 22 heavy (non-hydrogen) atoms. The maximum Gasteiger partial charge on any atom is 0.301 e. The molecule has 2 aromatic rings. The molecule has 0 aliphatic carbocycles. The summed E-state index contributed by atoms with van der Waals surface area (Å²) in [4.78, 5) is 0. The average molecular weight is 307 g/mol. The number of para-hydroxylation sites is 1. The summed E-state index contributed by atoms with van der Waals surface area (Å²) >= 11 is 0. The standard InChI is InChI=1S/C17H16F3NO/c18-10-17(19,20)15-7-2-1-5-13(15)14-6-3-4-11-8-12(9-21)22-16(11)14/h1-7,12H,8-10,21H2. The molecule has 0 amide bonds. The van der Waals surface area contributed by atoms with Gasteiger partial charge in [-0.05, 0) is 11.1 Å². The number of fused-ring (bicyclic) bond motifs is 1. The van der Waals surface area contributed by atoms with Gasteiger partial charge in [0, 0.05) is 24.1 Å². The van der Waals surface area contributed by atoms with Crippen LogP contribution in [0.25, 0.3) is 11.1 Å². The van der Waals surface area contributed by atoms with Crippen LogP contribution in [0.4, 0.5) is 13.2 Å². The smallest absolute Gasteiger partial charge is 0.301 e. The maximum absolute atomic E-state index is 13.9. The molecule has 116 valence electrons. The van der Waals surface area contributed by atoms with Crippen molar-refractivity contribution >= 4 is 0 Å². The van der Waals surface area contributed by atoms with Crippen LogP contribution in [0.15, 0.2) is 42.5 Å². The summed E-state index contributed by atoms with van der Waals surface area (Å²) in [6.07, 6.45) is 0.506. The minimum absolute atomic E-state index is 0.148. The molecule has 1 aliphatic rings. The van der Waals surface area contributed by atoms with Gasteiger partial charge in [-0.25, -0.2) is 4.39 Å². The Kier molecular flexibility index (Phi) is 3.83. The Hall–Kier alpha value is -2.01. The van der Waals surface area contributed by atoms with E-state index in [4.69, 9.17) is 10.5 Å². The molecule has 2 N–H and O–H groups in total. The zero-order valence-electron chi connectivity index (χ0n) is 11.9. The largest absolute Gasteiger partial charge is 0.488 e. The van der Waals surface area contributed by atoms with Crippen molar-refractivity contribution < 1.29 is 17.9 Å². The number of rotatable bonds is 4. The molecule has 0 aromatic heterocycles. The molecule has 0 fully saturated rings. The fourth-order valence-corrected chi connectivity index (χ4v) is 2.79. The highest BCUT2D eigenvalue weighted by Crippen LogP contribution is 2.43. The van der Waals surface area contributed by atoms with Crippen molar-refractivity contribution in [1.29, 1.82) is 0 Å². The molecule has 0 bridgehead atoms. The Morgan fingerprint density at radius 3 is 2.55 bits per heavy atom. The fourth-order valence-electron chi connectivity index (χ4n) is 2.79. The van der Waals surface area contributed by atoms with Gasteiger partial charge in [0.05, 0.1) is 0 Å². The minimum atomic E-state index is -3.52. The predicted molar refractivity (Wildman–Crippen MR) is 78.9 cm³/mol. The lowest BCUT2D eigenvalue weighted by Crippen LogP contribution is -2.24. The first-order chi connectivity index (χ1) is 10.6. The summed E-state index contributed by atoms with van der Waals surface area (Å²) in [5.41, 5.74) is 7.08. The zero-order chi connectivity index (χ0) is 15.7. The van der Waals surface area contributed by atoms with Crippen LogP contribution in [0.1, 0.15) is 11.1 Å². The van der Waals surface area contributed by atoms with E-state index in [-0.39, 0.29) is 11.7 Å². The number of hydrogen-bond acceptors (Lipinski definition) is 2. The van der Waals surface area contributed by atoms with E-state index in [1.807, 2.05) is 6.07 Å². The predicted octanol–water partition coefficient (Wildman–Crippen LogP) is 3.68. The second kappa shape index (κ2) is 5.65. The van der Waals surface area contributed by atoms with Gasteiger partial charge in [0.1, 0.15) is 11.9 Å². The molecule has 2 aromatic carbocycles. The van der Waals surface area contributed by atoms with Gasteiger partial charge in [-0.15, -0.1) is 0 Å². The summed E-state index contributed by atoms with van der Waals surface area (Å²) in [6.45, 7) is -1.37. The second-order valence-electron chi connectivity index (χ2n) is 5.36. The normalized spacial score (nSPS) is 17.2. The quantitative estimate of drug-likeness (QED) is 0.935. The lowest BCUT2D eigenvalue weighted by atomic mass is 9.94. The lowest BCUT2D eigenvalue weighted by Gasteiger charge is -2.19. The SMILES string of the molecule is NCC1Cc2cccc(-c3ccccc3C(F)(F)CF)c2O1. The highest BCUT2D eigenvalue weighted by atomic mass is 19.3. The number of alkyl halides is 3. The Morgan fingerprint density at radius 1 is 1.09 bits per heavy atom. The molecule has 1 aliphatic heterocycles. The first-order valence-electron chi connectivity index (χ1n) is 7.09. The first-order valence-corrected chi connectivity index (χ1v) is 7.09. The van der Waals surface area contributed by atoms with Gasteiger partial charge in [0.15, 0.2) is 6.67 Å². The maximum atomic E-state index is 13.9. The third-order valence-corrected chi connectivity index (χ3v) is 3.87. The third kappa shape index (κ3) is 2.46. The van der Waals surface area contributed by atoms with Gasteiger partial charge in [0.25, 0.3) is 0 Å². The summed E-state index contributed by atoms with van der Waals surface area (Å²) in [5, 5.41) is 0. The van der Waals surface area contributed by atoms with Crippen molar-refractivity contribution in [2.24, 2.45) is 5.73 Å². The van der Waals surface area contributed by atoms with Crippen molar-refractivity contribution in [2.75, 3.05) is 13.2 Å². The van der Waals surface area contributed by atoms with E-state index in [1.165, 1.54) is 12.1 Å². The van der Waals surface area contributed by atoms with E-state index in [0.29, 0.717) is 29.8 Å². The van der Waals surface area contributed by atoms with Crippen molar-refractivity contribution in [3.05, 3.63) is 53.6 Å². The Bertz CT molecular complexity index is 687. The summed E-state index contributed by atoms with van der Waals surface area (Å²) in [7, 11) is 0. The minimum Gasteiger partial charge on any atom is -0.488 e. The highest BCUT2D eigenvalue weighted by Gasteiger charge is 2.35. The van der Waals surface area contributed by atoms with Crippen LogP contribution in [-0.4, -0.2) is 19.3 Å². The molecule has 3 rings (SSSR count). The van der Waals surface area contributed by atoms with E-state index in [0.717, 1.165) is 5.56 Å². The molecule has 1 unspecified atom stereocenters. The molecule has 1 atom stereocenters. The summed E-state index contributed by atoms with van der Waals surface area (Å²) in [6, 6.07) is 11.4. The van der Waals surface area contributed by atoms with Crippen LogP contribution < -0.4 is 10.5 Å². The highest BCUT2D eigenvalue weighted by molar-refractivity contribution is 5.76. The molecular weight excluding hydrogens is 291 g/mol. The third-order valence-electron chi connectivity index (χ3n) is 3.87. The summed E-state index contributed by atoms with van der Waals surface area (Å²) < 4.78 is 46.3. The molecule has 2 nitrogen and oxygen atoms in total. The van der Waals surface area contributed by atoms with Crippen molar-refractivity contribution in [2.45, 2.75) is 18.4 Å². The van der Waals surface area contributed by atoms with E-state index in [9.17, 15) is 13.2 Å². The molecular formula is C17H16F3NO. The van der Waals surface area contributed by atoms with Crippen LogP contribution in [0.2, 0.25) is 0 Å². The Balaban J connectivity index is 2.14. The Labute approximate surface area is 126 Å². The molecule has 0 spiro atoms. The van der Waals surface area contributed by atoms with E-state index < -0.39 is 12.6 Å². The number of hydrogen-bond donors (Lipinski definition) is 1. The van der Waals surface area contributed by atoms with Crippen LogP contribution in [0.5, 0.6) is 5.75 Å². The van der Waals surface area contributed by atoms with E-state index >= 15 is 0 Å². The van der Waals surface area contributed by atoms with Crippen LogP contribution >= 0.6 is 0 Å². The van der Waals surface area contributed by atoms with Crippen molar-refractivity contribution in [3.63, 3.8) is 0 Å². The van der Waals surface area contributed by atoms with Gasteiger partial charge >= 0.3 is 5.92 Å². The number of benzene rings is 2. The second-order valence-corrected chi connectivity index (χ2v) is 5.36. The zero-order valence-corrected chi connectivity index (χ0v) is 11.9. The van der Waals surface area contributed by atoms with Crippen molar-refractivity contribution in [1.82, 2.24) is 0 Å². The van der Waals surface area contributed by atoms with Gasteiger partial charge in [0.2, 0.25) is 0 Å². The summed E-state index contributed by atoms with van der Waals surface area (Å²) in [5.74, 6) is -2.95. The number of halogens is 3. The van der Waals surface area contributed by atoms with Crippen LogP contribution in [0, 0.1) is 0 Å². The number of nitrogens with two attached hydrogens (primary N) is 1. The van der Waals surface area contributed by atoms with Gasteiger partial charge in [-0.2, -0.15) is 8.78 Å². The fraction of sp³-hybridized carbons (Fsp3) is 0.294. The molecule has 0 saturated carbocycles. The van der Waals surface area contributed by atoms with E-state index in [1.54, 1.807) is 24.3 Å². The topological polar surface area (TPSA) is 35.2 Å². The van der Waals surface area contributed by atoms with Crippen LogP contribution in [-0.2, 0) is 12.3 Å². The van der Waals surface area contributed by atoms with Crippen LogP contribution in [0.3, 0.4) is 0 Å². The van der Waals surface area contributed by atoms with E-state index in [2.05, 4.69) is 0 Å². The molecule has 1 heterocycles. The average Bonchev–Trinajstić information content (AvgIpc) is 2.98. The van der Waals surface area contributed by atoms with Gasteiger partial charge in [-0.1, -0.05) is 42.5 Å². The molecule has 0 saturated heterocycles. The van der Waals surface area contributed by atoms with Gasteiger partial charge in [-0.3, -0.25) is 0 Å². The van der Waals surface area contributed by atoms with Gasteiger partial charge < -0.3 is 10.5 Å². The Morgan fingerprint density at radius 2 is 1.82 bits per heavy atom. The number of ether oxygens (including phenoxy) is 1. The molecule has 0 radical (unpaired) electrons. The first kappa shape index (κ1) is 14.9. The molecule has 5 heteroatoms.